The Hall–Kier alpha value is -4.13. The normalized spacial score (nSPS) is 17.3. The van der Waals surface area contributed by atoms with Gasteiger partial charge in [0, 0.05) is 11.1 Å². The Kier molecular flexibility index (Phi) is 5.52. The lowest BCUT2D eigenvalue weighted by Gasteiger charge is -2.39. The average molecular weight is 441 g/mol. The van der Waals surface area contributed by atoms with Gasteiger partial charge in [0.2, 0.25) is 5.95 Å². The molecule has 166 valence electrons. The fraction of sp³-hybridized carbons (Fsp3) is 0.192. The molecule has 0 radical (unpaired) electrons. The van der Waals surface area contributed by atoms with Gasteiger partial charge in [0.25, 0.3) is 5.91 Å². The van der Waals surface area contributed by atoms with Crippen molar-refractivity contribution in [2.75, 3.05) is 19.1 Å². The van der Waals surface area contributed by atoms with E-state index in [1.165, 1.54) is 6.33 Å². The van der Waals surface area contributed by atoms with Crippen LogP contribution in [-0.4, -0.2) is 34.9 Å². The van der Waals surface area contributed by atoms with Gasteiger partial charge in [0.1, 0.15) is 17.8 Å². The number of hydrogen-bond donors (Lipinski definition) is 0. The minimum absolute atomic E-state index is 0.121. The number of amides is 1. The summed E-state index contributed by atoms with van der Waals surface area (Å²) in [4.78, 5) is 20.0. The molecule has 0 aliphatic carbocycles. The highest BCUT2D eigenvalue weighted by Gasteiger charge is 2.40. The first kappa shape index (κ1) is 20.8. The van der Waals surface area contributed by atoms with Crippen LogP contribution in [-0.2, 0) is 0 Å². The highest BCUT2D eigenvalue weighted by atomic mass is 16.5. The van der Waals surface area contributed by atoms with E-state index in [1.54, 1.807) is 19.1 Å². The lowest BCUT2D eigenvalue weighted by Crippen LogP contribution is -2.42. The predicted octanol–water partition coefficient (Wildman–Crippen LogP) is 4.68. The summed E-state index contributed by atoms with van der Waals surface area (Å²) in [6, 6.07) is 24.6. The van der Waals surface area contributed by atoms with Gasteiger partial charge in [-0.25, -0.2) is 4.68 Å². The average Bonchev–Trinajstić information content (AvgIpc) is 3.38. The number of nitrogens with zero attached hydrogens (tertiary/aromatic N) is 4. The molecule has 0 saturated carbocycles. The predicted molar refractivity (Wildman–Crippen MR) is 125 cm³/mol. The lowest BCUT2D eigenvalue weighted by atomic mass is 9.91. The maximum atomic E-state index is 13.7. The Bertz CT molecular complexity index is 1250. The third kappa shape index (κ3) is 3.71. The van der Waals surface area contributed by atoms with Crippen LogP contribution in [0.1, 0.15) is 40.0 Å². The molecule has 1 amide bonds. The summed E-state index contributed by atoms with van der Waals surface area (Å²) >= 11 is 0. The fourth-order valence-corrected chi connectivity index (χ4v) is 4.46. The molecule has 7 heteroatoms. The van der Waals surface area contributed by atoms with Gasteiger partial charge in [-0.1, -0.05) is 48.5 Å². The van der Waals surface area contributed by atoms with Crippen LogP contribution in [0.25, 0.3) is 0 Å². The number of aromatic nitrogens is 3. The second-order valence-corrected chi connectivity index (χ2v) is 7.83. The first-order valence-electron chi connectivity index (χ1n) is 10.8. The van der Waals surface area contributed by atoms with Crippen LogP contribution in [0.5, 0.6) is 11.5 Å². The van der Waals surface area contributed by atoms with E-state index in [0.29, 0.717) is 17.9 Å². The lowest BCUT2D eigenvalue weighted by molar-refractivity contribution is 0.0963. The Morgan fingerprint density at radius 3 is 2.33 bits per heavy atom. The number of carbonyl (C=O) groups is 1. The summed E-state index contributed by atoms with van der Waals surface area (Å²) in [7, 11) is 3.30. The van der Waals surface area contributed by atoms with Crippen LogP contribution < -0.4 is 14.4 Å². The molecule has 1 aromatic heterocycles. The molecule has 2 atom stereocenters. The maximum absolute atomic E-state index is 13.7. The van der Waals surface area contributed by atoms with Crippen molar-refractivity contribution in [3.63, 3.8) is 0 Å². The van der Waals surface area contributed by atoms with Crippen molar-refractivity contribution in [2.45, 2.75) is 18.5 Å². The zero-order chi connectivity index (χ0) is 22.8. The molecule has 0 unspecified atom stereocenters. The van der Waals surface area contributed by atoms with Gasteiger partial charge in [-0.3, -0.25) is 9.69 Å². The Morgan fingerprint density at radius 2 is 1.61 bits per heavy atom. The van der Waals surface area contributed by atoms with Crippen molar-refractivity contribution in [1.29, 1.82) is 0 Å². The van der Waals surface area contributed by atoms with Gasteiger partial charge in [-0.2, -0.15) is 10.1 Å². The fourth-order valence-electron chi connectivity index (χ4n) is 4.46. The van der Waals surface area contributed by atoms with Gasteiger partial charge in [0.15, 0.2) is 0 Å². The SMILES string of the molecule is COc1ccc([C@H]2C[C@H](c3ccccc3OC)n3ncnc3N2C(=O)c2ccccc2)cc1. The van der Waals surface area contributed by atoms with E-state index in [9.17, 15) is 4.79 Å². The number of carbonyl (C=O) groups excluding carboxylic acids is 1. The van der Waals surface area contributed by atoms with Crippen molar-refractivity contribution < 1.29 is 14.3 Å². The summed E-state index contributed by atoms with van der Waals surface area (Å²) in [6.07, 6.45) is 2.11. The van der Waals surface area contributed by atoms with E-state index < -0.39 is 0 Å². The highest BCUT2D eigenvalue weighted by Crippen LogP contribution is 2.44. The Balaban J connectivity index is 1.66. The van der Waals surface area contributed by atoms with E-state index >= 15 is 0 Å². The summed E-state index contributed by atoms with van der Waals surface area (Å²) in [5.74, 6) is 1.93. The summed E-state index contributed by atoms with van der Waals surface area (Å²) in [5, 5.41) is 4.51. The van der Waals surface area contributed by atoms with Gasteiger partial charge in [-0.15, -0.1) is 0 Å². The van der Waals surface area contributed by atoms with Gasteiger partial charge in [0.05, 0.1) is 26.3 Å². The molecular weight excluding hydrogens is 416 g/mol. The van der Waals surface area contributed by atoms with Crippen molar-refractivity contribution in [3.05, 3.63) is 102 Å². The van der Waals surface area contributed by atoms with Crippen molar-refractivity contribution in [1.82, 2.24) is 14.8 Å². The monoisotopic (exact) mass is 440 g/mol. The molecular formula is C26H24N4O3. The molecule has 3 aromatic carbocycles. The molecule has 0 saturated heterocycles. The third-order valence-electron chi connectivity index (χ3n) is 6.06. The summed E-state index contributed by atoms with van der Waals surface area (Å²) < 4.78 is 12.8. The van der Waals surface area contributed by atoms with Crippen molar-refractivity contribution in [3.8, 4) is 11.5 Å². The van der Waals surface area contributed by atoms with Crippen LogP contribution in [0.4, 0.5) is 5.95 Å². The van der Waals surface area contributed by atoms with Gasteiger partial charge in [-0.05, 0) is 42.3 Å². The van der Waals surface area contributed by atoms with E-state index in [1.807, 2.05) is 83.5 Å². The standard InChI is InChI=1S/C26H24N4O3/c1-32-20-14-12-18(13-15-20)22-16-23(21-10-6-7-11-24(21)33-2)30-26(27-17-28-30)29(22)25(31)19-8-4-3-5-9-19/h3-15,17,22-23H,16H2,1-2H3/t22-,23-/m1/s1. The van der Waals surface area contributed by atoms with Gasteiger partial charge < -0.3 is 9.47 Å². The summed E-state index contributed by atoms with van der Waals surface area (Å²) in [5.41, 5.74) is 2.59. The van der Waals surface area contributed by atoms with Gasteiger partial charge >= 0.3 is 0 Å². The number of fused-ring (bicyclic) bond motifs is 1. The Labute approximate surface area is 192 Å². The van der Waals surface area contributed by atoms with E-state index in [-0.39, 0.29) is 18.0 Å². The van der Waals surface area contributed by atoms with E-state index in [4.69, 9.17) is 9.47 Å². The molecule has 5 rings (SSSR count). The van der Waals surface area contributed by atoms with Crippen LogP contribution in [0.3, 0.4) is 0 Å². The molecule has 0 bridgehead atoms. The highest BCUT2D eigenvalue weighted by molar-refractivity contribution is 6.05. The molecule has 0 N–H and O–H groups in total. The van der Waals surface area contributed by atoms with Crippen molar-refractivity contribution in [2.24, 2.45) is 0 Å². The molecule has 1 aliphatic rings. The zero-order valence-electron chi connectivity index (χ0n) is 18.5. The van der Waals surface area contributed by atoms with Crippen LogP contribution in [0.2, 0.25) is 0 Å². The number of methoxy groups -OCH3 is 2. The molecule has 7 nitrogen and oxygen atoms in total. The quantitative estimate of drug-likeness (QED) is 0.451. The van der Waals surface area contributed by atoms with Crippen molar-refractivity contribution >= 4 is 11.9 Å². The first-order chi connectivity index (χ1) is 16.2. The molecule has 1 aliphatic heterocycles. The largest absolute Gasteiger partial charge is 0.497 e. The minimum Gasteiger partial charge on any atom is -0.497 e. The van der Waals surface area contributed by atoms with Crippen LogP contribution >= 0.6 is 0 Å². The number of para-hydroxylation sites is 1. The topological polar surface area (TPSA) is 69.5 Å². The molecule has 33 heavy (non-hydrogen) atoms. The molecule has 2 heterocycles. The third-order valence-corrected chi connectivity index (χ3v) is 6.06. The van der Waals surface area contributed by atoms with Crippen LogP contribution in [0.15, 0.2) is 85.2 Å². The number of hydrogen-bond acceptors (Lipinski definition) is 5. The summed E-state index contributed by atoms with van der Waals surface area (Å²) in [6.45, 7) is 0. The number of ether oxygens (including phenoxy) is 2. The van der Waals surface area contributed by atoms with E-state index in [0.717, 1.165) is 22.6 Å². The zero-order valence-corrected chi connectivity index (χ0v) is 18.5. The second kappa shape index (κ2) is 8.78. The van der Waals surface area contributed by atoms with E-state index in [2.05, 4.69) is 10.1 Å². The number of benzene rings is 3. The number of rotatable bonds is 5. The maximum Gasteiger partial charge on any atom is 0.261 e. The molecule has 0 fully saturated rings. The minimum atomic E-state index is -0.254. The second-order valence-electron chi connectivity index (χ2n) is 7.83. The Morgan fingerprint density at radius 1 is 0.879 bits per heavy atom. The molecule has 4 aromatic rings. The molecule has 0 spiro atoms. The van der Waals surface area contributed by atoms with Crippen LogP contribution in [0, 0.1) is 0 Å². The number of anilines is 1. The smallest absolute Gasteiger partial charge is 0.261 e. The first-order valence-corrected chi connectivity index (χ1v) is 10.8.